The number of aromatic nitrogens is 2. The van der Waals surface area contributed by atoms with Crippen molar-refractivity contribution in [3.05, 3.63) is 54.5 Å². The number of halogens is 4. The van der Waals surface area contributed by atoms with E-state index in [0.29, 0.717) is 35.2 Å². The number of aliphatic hydroxyl groups is 1. The summed E-state index contributed by atoms with van der Waals surface area (Å²) in [4.78, 5) is 0. The summed E-state index contributed by atoms with van der Waals surface area (Å²) in [5.74, 6) is -0.379. The Morgan fingerprint density at radius 3 is 2.45 bits per heavy atom. The summed E-state index contributed by atoms with van der Waals surface area (Å²) in [7, 11) is 0. The highest BCUT2D eigenvalue weighted by molar-refractivity contribution is 5.92. The van der Waals surface area contributed by atoms with Crippen molar-refractivity contribution in [3.63, 3.8) is 0 Å². The van der Waals surface area contributed by atoms with E-state index >= 15 is 0 Å². The Balaban J connectivity index is 1.85. The van der Waals surface area contributed by atoms with E-state index < -0.39 is 24.9 Å². The first kappa shape index (κ1) is 21.1. The van der Waals surface area contributed by atoms with Gasteiger partial charge in [-0.2, -0.15) is 18.3 Å². The van der Waals surface area contributed by atoms with Gasteiger partial charge in [0, 0.05) is 17.6 Å². The standard InChI is InChI=1S/C20H22F4N4O/c1-2-10-25-12-19(29,20(22,23)24)13-26-17-4-3-5-18-16(17)11-27-28(18)15-8-6-14(21)7-9-15/h3-9,11,25-26,29H,2,10,12-13H2,1H3. The molecule has 29 heavy (non-hydrogen) atoms. The van der Waals surface area contributed by atoms with Crippen molar-refractivity contribution in [2.75, 3.05) is 25.0 Å². The van der Waals surface area contributed by atoms with E-state index in [4.69, 9.17) is 0 Å². The van der Waals surface area contributed by atoms with Crippen molar-refractivity contribution in [3.8, 4) is 5.69 Å². The topological polar surface area (TPSA) is 62.1 Å². The molecule has 156 valence electrons. The number of anilines is 1. The van der Waals surface area contributed by atoms with Crippen molar-refractivity contribution in [1.82, 2.24) is 15.1 Å². The van der Waals surface area contributed by atoms with Crippen LogP contribution in [-0.2, 0) is 0 Å². The molecule has 0 radical (unpaired) electrons. The predicted octanol–water partition coefficient (Wildman–Crippen LogP) is 3.87. The van der Waals surface area contributed by atoms with Gasteiger partial charge in [-0.05, 0) is 49.4 Å². The van der Waals surface area contributed by atoms with Crippen LogP contribution >= 0.6 is 0 Å². The molecule has 1 unspecified atom stereocenters. The van der Waals surface area contributed by atoms with Gasteiger partial charge >= 0.3 is 6.18 Å². The normalized spacial score (nSPS) is 14.1. The Bertz CT molecular complexity index is 955. The lowest BCUT2D eigenvalue weighted by Crippen LogP contribution is -2.57. The fourth-order valence-corrected chi connectivity index (χ4v) is 2.97. The van der Waals surface area contributed by atoms with Crippen LogP contribution in [0, 0.1) is 5.82 Å². The highest BCUT2D eigenvalue weighted by Gasteiger charge is 2.53. The van der Waals surface area contributed by atoms with E-state index in [-0.39, 0.29) is 5.82 Å². The molecule has 0 saturated heterocycles. The third kappa shape index (κ3) is 4.51. The second kappa shape index (κ2) is 8.38. The number of nitrogens with one attached hydrogen (secondary N) is 2. The Morgan fingerprint density at radius 2 is 1.79 bits per heavy atom. The molecule has 0 spiro atoms. The maximum absolute atomic E-state index is 13.4. The Kier molecular flexibility index (Phi) is 6.09. The van der Waals surface area contributed by atoms with Crippen LogP contribution in [0.25, 0.3) is 16.6 Å². The molecule has 3 N–H and O–H groups in total. The zero-order chi connectivity index (χ0) is 21.1. The molecular weight excluding hydrogens is 388 g/mol. The molecule has 0 amide bonds. The first-order chi connectivity index (χ1) is 13.7. The van der Waals surface area contributed by atoms with Crippen LogP contribution in [0.2, 0.25) is 0 Å². The Morgan fingerprint density at radius 1 is 1.07 bits per heavy atom. The predicted molar refractivity (Wildman–Crippen MR) is 104 cm³/mol. The van der Waals surface area contributed by atoms with E-state index in [1.807, 2.05) is 6.92 Å². The van der Waals surface area contributed by atoms with E-state index in [2.05, 4.69) is 15.7 Å². The minimum atomic E-state index is -4.80. The molecule has 0 fully saturated rings. The third-order valence-corrected chi connectivity index (χ3v) is 4.63. The third-order valence-electron chi connectivity index (χ3n) is 4.63. The van der Waals surface area contributed by atoms with Crippen LogP contribution in [0.15, 0.2) is 48.7 Å². The first-order valence-electron chi connectivity index (χ1n) is 9.21. The molecule has 1 atom stereocenters. The quantitative estimate of drug-likeness (QED) is 0.390. The first-order valence-corrected chi connectivity index (χ1v) is 9.21. The van der Waals surface area contributed by atoms with Gasteiger partial charge in [-0.25, -0.2) is 9.07 Å². The van der Waals surface area contributed by atoms with E-state index in [1.54, 1.807) is 35.0 Å². The van der Waals surface area contributed by atoms with Crippen molar-refractivity contribution in [2.24, 2.45) is 0 Å². The van der Waals surface area contributed by atoms with Gasteiger partial charge in [-0.1, -0.05) is 13.0 Å². The number of rotatable bonds is 8. The lowest BCUT2D eigenvalue weighted by atomic mass is 10.0. The maximum Gasteiger partial charge on any atom is 0.420 e. The van der Waals surface area contributed by atoms with Crippen molar-refractivity contribution < 1.29 is 22.7 Å². The van der Waals surface area contributed by atoms with Gasteiger partial charge in [0.25, 0.3) is 0 Å². The second-order valence-corrected chi connectivity index (χ2v) is 6.83. The summed E-state index contributed by atoms with van der Waals surface area (Å²) in [6, 6.07) is 10.8. The highest BCUT2D eigenvalue weighted by atomic mass is 19.4. The van der Waals surface area contributed by atoms with Gasteiger partial charge < -0.3 is 15.7 Å². The second-order valence-electron chi connectivity index (χ2n) is 6.83. The summed E-state index contributed by atoms with van der Waals surface area (Å²) < 4.78 is 55.0. The van der Waals surface area contributed by atoms with Crippen LogP contribution in [0.1, 0.15) is 13.3 Å². The Labute approximate surface area is 165 Å². The molecule has 1 heterocycles. The minimum Gasteiger partial charge on any atom is -0.381 e. The molecule has 0 saturated carbocycles. The fourth-order valence-electron chi connectivity index (χ4n) is 2.97. The van der Waals surface area contributed by atoms with E-state index in [9.17, 15) is 22.7 Å². The number of nitrogens with zero attached hydrogens (tertiary/aromatic N) is 2. The average Bonchev–Trinajstić information content (AvgIpc) is 3.11. The molecule has 3 aromatic rings. The summed E-state index contributed by atoms with van der Waals surface area (Å²) in [5, 5.41) is 20.4. The minimum absolute atomic E-state index is 0.373. The number of hydrogen-bond donors (Lipinski definition) is 3. The smallest absolute Gasteiger partial charge is 0.381 e. The zero-order valence-electron chi connectivity index (χ0n) is 15.8. The molecule has 0 aliphatic rings. The molecule has 2 aromatic carbocycles. The maximum atomic E-state index is 13.4. The number of fused-ring (bicyclic) bond motifs is 1. The fraction of sp³-hybridized carbons (Fsp3) is 0.350. The number of benzene rings is 2. The summed E-state index contributed by atoms with van der Waals surface area (Å²) in [5.41, 5.74) is -1.25. The van der Waals surface area contributed by atoms with Crippen molar-refractivity contribution in [2.45, 2.75) is 25.1 Å². The monoisotopic (exact) mass is 410 g/mol. The molecular formula is C20H22F4N4O. The van der Waals surface area contributed by atoms with Gasteiger partial charge in [0.1, 0.15) is 5.82 Å². The number of alkyl halides is 3. The zero-order valence-corrected chi connectivity index (χ0v) is 15.8. The summed E-state index contributed by atoms with van der Waals surface area (Å²) in [6.45, 7) is 0.881. The van der Waals surface area contributed by atoms with Gasteiger partial charge in [0.15, 0.2) is 5.60 Å². The van der Waals surface area contributed by atoms with E-state index in [1.165, 1.54) is 18.3 Å². The molecule has 0 aliphatic heterocycles. The van der Waals surface area contributed by atoms with Gasteiger partial charge in [-0.15, -0.1) is 0 Å². The lowest BCUT2D eigenvalue weighted by molar-refractivity contribution is -0.252. The van der Waals surface area contributed by atoms with Crippen LogP contribution in [-0.4, -0.2) is 46.3 Å². The van der Waals surface area contributed by atoms with Crippen LogP contribution in [0.3, 0.4) is 0 Å². The summed E-state index contributed by atoms with van der Waals surface area (Å²) >= 11 is 0. The molecule has 3 rings (SSSR count). The molecule has 0 bridgehead atoms. The van der Waals surface area contributed by atoms with Crippen LogP contribution in [0.5, 0.6) is 0 Å². The molecule has 9 heteroatoms. The number of hydrogen-bond acceptors (Lipinski definition) is 4. The van der Waals surface area contributed by atoms with Gasteiger partial charge in [0.2, 0.25) is 0 Å². The SMILES string of the molecule is CCCNCC(O)(CNc1cccc2c1cnn2-c1ccc(F)cc1)C(F)(F)F. The van der Waals surface area contributed by atoms with Crippen LogP contribution in [0.4, 0.5) is 23.2 Å². The largest absolute Gasteiger partial charge is 0.420 e. The molecule has 1 aromatic heterocycles. The van der Waals surface area contributed by atoms with Crippen molar-refractivity contribution in [1.29, 1.82) is 0 Å². The Hall–Kier alpha value is -2.65. The highest BCUT2D eigenvalue weighted by Crippen LogP contribution is 2.32. The van der Waals surface area contributed by atoms with Gasteiger partial charge in [-0.3, -0.25) is 0 Å². The van der Waals surface area contributed by atoms with Crippen molar-refractivity contribution >= 4 is 16.6 Å². The molecule has 5 nitrogen and oxygen atoms in total. The van der Waals surface area contributed by atoms with Gasteiger partial charge in [0.05, 0.1) is 23.9 Å². The van der Waals surface area contributed by atoms with Crippen LogP contribution < -0.4 is 10.6 Å². The average molecular weight is 410 g/mol. The van der Waals surface area contributed by atoms with E-state index in [0.717, 1.165) is 0 Å². The summed E-state index contributed by atoms with van der Waals surface area (Å²) in [6.07, 6.45) is -2.63. The molecule has 0 aliphatic carbocycles. The lowest BCUT2D eigenvalue weighted by Gasteiger charge is -2.31.